The minimum Gasteiger partial charge on any atom is -0.306 e. The van der Waals surface area contributed by atoms with Crippen molar-refractivity contribution in [2.45, 2.75) is 64.7 Å². The molecule has 1 heterocycles. The predicted molar refractivity (Wildman–Crippen MR) is 144 cm³/mol. The van der Waals surface area contributed by atoms with Gasteiger partial charge < -0.3 is 5.32 Å². The Balaban J connectivity index is 1.20. The largest absolute Gasteiger partial charge is 0.345 e. The van der Waals surface area contributed by atoms with E-state index in [-0.39, 0.29) is 5.56 Å². The number of benzene rings is 2. The van der Waals surface area contributed by atoms with E-state index in [9.17, 15) is 9.59 Å². The SMILES string of the molecule is Cc1ccc(NC(=O)N=Cc2c(C)[nH]n(-c3ccc(C45CC6CC(CC(C6)C4)C5)cc3)c2=O)cc1C. The molecule has 7 rings (SSSR count). The van der Waals surface area contributed by atoms with Crippen molar-refractivity contribution < 1.29 is 4.79 Å². The van der Waals surface area contributed by atoms with Crippen molar-refractivity contribution in [3.63, 3.8) is 0 Å². The third-order valence-electron chi connectivity index (χ3n) is 8.96. The Morgan fingerprint density at radius 2 is 1.61 bits per heavy atom. The Hall–Kier alpha value is -3.41. The number of carbonyl (C=O) groups excluding carboxylic acids is 1. The van der Waals surface area contributed by atoms with E-state index < -0.39 is 6.03 Å². The summed E-state index contributed by atoms with van der Waals surface area (Å²) < 4.78 is 1.54. The van der Waals surface area contributed by atoms with E-state index in [1.54, 1.807) is 4.68 Å². The lowest BCUT2D eigenvalue weighted by molar-refractivity contribution is -0.00518. The van der Waals surface area contributed by atoms with Gasteiger partial charge in [0.15, 0.2) is 0 Å². The molecule has 4 aliphatic carbocycles. The molecule has 6 heteroatoms. The number of aryl methyl sites for hydroxylation is 3. The van der Waals surface area contributed by atoms with Crippen molar-refractivity contribution in [3.05, 3.63) is 80.8 Å². The highest BCUT2D eigenvalue weighted by molar-refractivity contribution is 5.98. The fraction of sp³-hybridized carbons (Fsp3) is 0.433. The zero-order chi connectivity index (χ0) is 25.0. The number of rotatable bonds is 4. The lowest BCUT2D eigenvalue weighted by atomic mass is 9.48. The van der Waals surface area contributed by atoms with Gasteiger partial charge in [-0.3, -0.25) is 9.89 Å². The average molecular weight is 483 g/mol. The number of nitrogens with one attached hydrogen (secondary N) is 2. The standard InChI is InChI=1S/C30H34N4O2/c1-18-4-7-25(10-19(18)2)32-29(36)31-17-27-20(3)33-34(28(27)35)26-8-5-24(6-9-26)30-14-21-11-22(15-30)13-23(12-21)16-30/h4-10,17,21-23,33H,11-16H2,1-3H3,(H,32,36). The minimum absolute atomic E-state index is 0.210. The van der Waals surface area contributed by atoms with Gasteiger partial charge in [0.1, 0.15) is 0 Å². The van der Waals surface area contributed by atoms with Gasteiger partial charge in [-0.15, -0.1) is 0 Å². The molecule has 0 spiro atoms. The first-order valence-corrected chi connectivity index (χ1v) is 13.1. The topological polar surface area (TPSA) is 79.2 Å². The fourth-order valence-corrected chi connectivity index (χ4v) is 7.42. The van der Waals surface area contributed by atoms with Crippen LogP contribution in [0.4, 0.5) is 10.5 Å². The lowest BCUT2D eigenvalue weighted by Crippen LogP contribution is -2.48. The number of hydrogen-bond donors (Lipinski definition) is 2. The van der Waals surface area contributed by atoms with E-state index in [0.717, 1.165) is 34.6 Å². The van der Waals surface area contributed by atoms with Crippen molar-refractivity contribution in [1.82, 2.24) is 9.78 Å². The van der Waals surface area contributed by atoms with Crippen LogP contribution in [0.2, 0.25) is 0 Å². The summed E-state index contributed by atoms with van der Waals surface area (Å²) in [7, 11) is 0. The normalized spacial score (nSPS) is 26.6. The molecular formula is C30H34N4O2. The van der Waals surface area contributed by atoms with Crippen LogP contribution < -0.4 is 10.9 Å². The summed E-state index contributed by atoms with van der Waals surface area (Å²) in [5.41, 5.74) is 6.36. The van der Waals surface area contributed by atoms with E-state index in [2.05, 4.69) is 39.7 Å². The van der Waals surface area contributed by atoms with Crippen molar-refractivity contribution in [1.29, 1.82) is 0 Å². The molecule has 0 unspecified atom stereocenters. The molecular weight excluding hydrogens is 448 g/mol. The Kier molecular flexibility index (Phi) is 5.51. The molecule has 2 aromatic carbocycles. The zero-order valence-electron chi connectivity index (χ0n) is 21.3. The second kappa shape index (κ2) is 8.61. The van der Waals surface area contributed by atoms with Gasteiger partial charge in [0.25, 0.3) is 5.56 Å². The Labute approximate surface area is 211 Å². The van der Waals surface area contributed by atoms with Gasteiger partial charge in [0.05, 0.1) is 11.3 Å². The zero-order valence-corrected chi connectivity index (χ0v) is 21.3. The molecule has 186 valence electrons. The van der Waals surface area contributed by atoms with Crippen LogP contribution in [-0.4, -0.2) is 22.0 Å². The van der Waals surface area contributed by atoms with E-state index in [4.69, 9.17) is 0 Å². The third-order valence-corrected chi connectivity index (χ3v) is 8.96. The maximum absolute atomic E-state index is 13.2. The van der Waals surface area contributed by atoms with Crippen molar-refractivity contribution >= 4 is 17.9 Å². The molecule has 2 N–H and O–H groups in total. The number of urea groups is 1. The van der Waals surface area contributed by atoms with Crippen LogP contribution in [0.25, 0.3) is 5.69 Å². The lowest BCUT2D eigenvalue weighted by Gasteiger charge is -2.57. The minimum atomic E-state index is -0.510. The Bertz CT molecular complexity index is 1370. The van der Waals surface area contributed by atoms with Gasteiger partial charge >= 0.3 is 6.03 Å². The predicted octanol–water partition coefficient (Wildman–Crippen LogP) is 6.21. The maximum atomic E-state index is 13.2. The first-order chi connectivity index (χ1) is 17.3. The fourth-order valence-electron chi connectivity index (χ4n) is 7.42. The van der Waals surface area contributed by atoms with Crippen molar-refractivity contribution in [2.75, 3.05) is 5.32 Å². The maximum Gasteiger partial charge on any atom is 0.345 e. The molecule has 4 saturated carbocycles. The van der Waals surface area contributed by atoms with E-state index in [1.807, 2.05) is 39.0 Å². The number of aliphatic imine (C=N–C) groups is 1. The van der Waals surface area contributed by atoms with Gasteiger partial charge in [-0.05, 0) is 123 Å². The van der Waals surface area contributed by atoms with Crippen LogP contribution in [0.5, 0.6) is 0 Å². The molecule has 3 aromatic rings. The molecule has 2 amide bonds. The van der Waals surface area contributed by atoms with Crippen LogP contribution in [0.3, 0.4) is 0 Å². The van der Waals surface area contributed by atoms with Crippen LogP contribution in [0.1, 0.15) is 66.5 Å². The van der Waals surface area contributed by atoms with Gasteiger partial charge in [-0.2, -0.15) is 0 Å². The van der Waals surface area contributed by atoms with Gasteiger partial charge in [0.2, 0.25) is 0 Å². The summed E-state index contributed by atoms with van der Waals surface area (Å²) in [5.74, 6) is 2.70. The van der Waals surface area contributed by atoms with Gasteiger partial charge in [0, 0.05) is 17.6 Å². The molecule has 4 bridgehead atoms. The summed E-state index contributed by atoms with van der Waals surface area (Å²) in [4.78, 5) is 29.5. The second-order valence-corrected chi connectivity index (χ2v) is 11.5. The van der Waals surface area contributed by atoms with Gasteiger partial charge in [-0.25, -0.2) is 14.5 Å². The van der Waals surface area contributed by atoms with Gasteiger partial charge in [-0.1, -0.05) is 18.2 Å². The Morgan fingerprint density at radius 3 is 2.22 bits per heavy atom. The first-order valence-electron chi connectivity index (χ1n) is 13.1. The second-order valence-electron chi connectivity index (χ2n) is 11.5. The van der Waals surface area contributed by atoms with Crippen LogP contribution in [0.15, 0.2) is 52.3 Å². The number of aromatic nitrogens is 2. The number of nitrogens with zero attached hydrogens (tertiary/aromatic N) is 2. The summed E-state index contributed by atoms with van der Waals surface area (Å²) in [6.07, 6.45) is 9.62. The van der Waals surface area contributed by atoms with E-state index in [0.29, 0.717) is 22.4 Å². The number of carbonyl (C=O) groups is 1. The van der Waals surface area contributed by atoms with E-state index in [1.165, 1.54) is 50.3 Å². The molecule has 1 aromatic heterocycles. The third kappa shape index (κ3) is 4.02. The average Bonchev–Trinajstić information content (AvgIpc) is 3.12. The quantitative estimate of drug-likeness (QED) is 0.434. The molecule has 0 saturated heterocycles. The van der Waals surface area contributed by atoms with Crippen molar-refractivity contribution in [2.24, 2.45) is 22.7 Å². The number of aromatic amines is 1. The number of anilines is 1. The monoisotopic (exact) mass is 482 g/mol. The van der Waals surface area contributed by atoms with Crippen LogP contribution in [0, 0.1) is 38.5 Å². The smallest absolute Gasteiger partial charge is 0.306 e. The molecule has 6 nitrogen and oxygen atoms in total. The molecule has 0 aliphatic heterocycles. The van der Waals surface area contributed by atoms with E-state index >= 15 is 0 Å². The number of H-pyrrole nitrogens is 1. The van der Waals surface area contributed by atoms with Crippen LogP contribution >= 0.6 is 0 Å². The summed E-state index contributed by atoms with van der Waals surface area (Å²) in [5, 5.41) is 5.91. The summed E-state index contributed by atoms with van der Waals surface area (Å²) in [6, 6.07) is 13.8. The van der Waals surface area contributed by atoms with Crippen molar-refractivity contribution in [3.8, 4) is 5.69 Å². The van der Waals surface area contributed by atoms with Crippen LogP contribution in [-0.2, 0) is 5.41 Å². The summed E-state index contributed by atoms with van der Waals surface area (Å²) in [6.45, 7) is 5.84. The molecule has 0 radical (unpaired) electrons. The number of amides is 2. The molecule has 0 atom stereocenters. The molecule has 4 aliphatic rings. The molecule has 4 fully saturated rings. The number of hydrogen-bond acceptors (Lipinski definition) is 2. The summed E-state index contributed by atoms with van der Waals surface area (Å²) >= 11 is 0. The highest BCUT2D eigenvalue weighted by Crippen LogP contribution is 2.60. The highest BCUT2D eigenvalue weighted by atomic mass is 16.2. The highest BCUT2D eigenvalue weighted by Gasteiger charge is 2.51. The Morgan fingerprint density at radius 1 is 0.972 bits per heavy atom. The first kappa shape index (κ1) is 23.0. The molecule has 36 heavy (non-hydrogen) atoms.